The standard InChI is InChI=1S/C15H14ClNO2/c1-9-4-5-13(10(2)6-9)17-8-12(15(16)19)14(18)7-11(17)3/h4-8H,1-3H3. The summed E-state index contributed by atoms with van der Waals surface area (Å²) < 4.78 is 1.81. The van der Waals surface area contributed by atoms with Crippen molar-refractivity contribution in [3.63, 3.8) is 0 Å². The Kier molecular flexibility index (Phi) is 3.58. The van der Waals surface area contributed by atoms with E-state index in [0.29, 0.717) is 0 Å². The molecular formula is C15H14ClNO2. The van der Waals surface area contributed by atoms with Gasteiger partial charge in [-0.25, -0.2) is 0 Å². The second-order valence-electron chi connectivity index (χ2n) is 4.63. The lowest BCUT2D eigenvalue weighted by Gasteiger charge is -2.14. The topological polar surface area (TPSA) is 39.1 Å². The molecule has 4 heteroatoms. The van der Waals surface area contributed by atoms with E-state index in [4.69, 9.17) is 11.6 Å². The Labute approximate surface area is 116 Å². The summed E-state index contributed by atoms with van der Waals surface area (Å²) in [5, 5.41) is -0.733. The van der Waals surface area contributed by atoms with Crippen molar-refractivity contribution in [2.24, 2.45) is 0 Å². The van der Waals surface area contributed by atoms with E-state index >= 15 is 0 Å². The molecule has 2 rings (SSSR count). The van der Waals surface area contributed by atoms with Crippen LogP contribution in [0.1, 0.15) is 27.2 Å². The molecule has 1 heterocycles. The summed E-state index contributed by atoms with van der Waals surface area (Å²) in [7, 11) is 0. The molecule has 0 bridgehead atoms. The number of hydrogen-bond donors (Lipinski definition) is 0. The van der Waals surface area contributed by atoms with Gasteiger partial charge in [0.2, 0.25) is 0 Å². The third kappa shape index (κ3) is 2.61. The predicted molar refractivity (Wildman–Crippen MR) is 76.4 cm³/mol. The fourth-order valence-electron chi connectivity index (χ4n) is 2.11. The van der Waals surface area contributed by atoms with Crippen LogP contribution in [0.15, 0.2) is 35.3 Å². The van der Waals surface area contributed by atoms with Crippen molar-refractivity contribution in [2.75, 3.05) is 0 Å². The minimum atomic E-state index is -0.733. The minimum absolute atomic E-state index is 0.00718. The first-order chi connectivity index (χ1) is 8.90. The summed E-state index contributed by atoms with van der Waals surface area (Å²) in [6.07, 6.45) is 1.50. The lowest BCUT2D eigenvalue weighted by Crippen LogP contribution is -2.16. The molecule has 3 nitrogen and oxygen atoms in total. The molecule has 98 valence electrons. The van der Waals surface area contributed by atoms with Gasteiger partial charge in [0.05, 0.1) is 5.56 Å². The SMILES string of the molecule is Cc1ccc(-n2cc(C(=O)Cl)c(=O)cc2C)c(C)c1. The fraction of sp³-hybridized carbons (Fsp3) is 0.200. The second-order valence-corrected chi connectivity index (χ2v) is 4.97. The van der Waals surface area contributed by atoms with Crippen molar-refractivity contribution in [1.29, 1.82) is 0 Å². The number of aromatic nitrogens is 1. The maximum Gasteiger partial charge on any atom is 0.257 e. The monoisotopic (exact) mass is 275 g/mol. The number of halogens is 1. The largest absolute Gasteiger partial charge is 0.320 e. The van der Waals surface area contributed by atoms with E-state index in [-0.39, 0.29) is 11.0 Å². The summed E-state index contributed by atoms with van der Waals surface area (Å²) in [6.45, 7) is 5.83. The summed E-state index contributed by atoms with van der Waals surface area (Å²) in [5.74, 6) is 0. The average molecular weight is 276 g/mol. The molecule has 0 aliphatic carbocycles. The zero-order chi connectivity index (χ0) is 14.2. The van der Waals surface area contributed by atoms with Crippen molar-refractivity contribution in [2.45, 2.75) is 20.8 Å². The minimum Gasteiger partial charge on any atom is -0.320 e. The average Bonchev–Trinajstić information content (AvgIpc) is 2.30. The molecule has 0 aliphatic heterocycles. The molecule has 2 aromatic rings. The Morgan fingerprint density at radius 3 is 2.42 bits per heavy atom. The van der Waals surface area contributed by atoms with E-state index < -0.39 is 5.24 Å². The van der Waals surface area contributed by atoms with Crippen LogP contribution >= 0.6 is 11.6 Å². The molecule has 1 aromatic heterocycles. The highest BCUT2D eigenvalue weighted by molar-refractivity contribution is 6.67. The van der Waals surface area contributed by atoms with E-state index in [1.54, 1.807) is 0 Å². The molecule has 19 heavy (non-hydrogen) atoms. The third-order valence-corrected chi connectivity index (χ3v) is 3.27. The number of nitrogens with zero attached hydrogens (tertiary/aromatic N) is 1. The second kappa shape index (κ2) is 5.02. The molecule has 0 saturated heterocycles. The van der Waals surface area contributed by atoms with Crippen LogP contribution in [0, 0.1) is 20.8 Å². The Morgan fingerprint density at radius 2 is 1.84 bits per heavy atom. The lowest BCUT2D eigenvalue weighted by atomic mass is 10.1. The predicted octanol–water partition coefficient (Wildman–Crippen LogP) is 3.14. The van der Waals surface area contributed by atoms with Gasteiger partial charge < -0.3 is 4.57 Å². The summed E-state index contributed by atoms with van der Waals surface area (Å²) in [5.41, 5.74) is 3.57. The molecule has 0 amide bonds. The van der Waals surface area contributed by atoms with Gasteiger partial charge >= 0.3 is 0 Å². The number of rotatable bonds is 2. The number of hydrogen-bond acceptors (Lipinski definition) is 2. The molecule has 0 fully saturated rings. The van der Waals surface area contributed by atoms with Crippen molar-refractivity contribution in [1.82, 2.24) is 4.57 Å². The Morgan fingerprint density at radius 1 is 1.16 bits per heavy atom. The number of benzene rings is 1. The van der Waals surface area contributed by atoms with Gasteiger partial charge in [-0.2, -0.15) is 0 Å². The van der Waals surface area contributed by atoms with Gasteiger partial charge in [-0.15, -0.1) is 0 Å². The molecule has 1 aromatic carbocycles. The van der Waals surface area contributed by atoms with Gasteiger partial charge in [0.1, 0.15) is 0 Å². The highest BCUT2D eigenvalue weighted by atomic mass is 35.5. The molecule has 0 spiro atoms. The van der Waals surface area contributed by atoms with Crippen LogP contribution < -0.4 is 5.43 Å². The number of aryl methyl sites for hydroxylation is 3. The maximum atomic E-state index is 11.7. The molecule has 0 radical (unpaired) electrons. The molecule has 0 atom stereocenters. The van der Waals surface area contributed by atoms with Gasteiger partial charge in [0.25, 0.3) is 5.24 Å². The van der Waals surface area contributed by atoms with Crippen LogP contribution in [0.5, 0.6) is 0 Å². The van der Waals surface area contributed by atoms with E-state index in [1.807, 2.05) is 37.5 Å². The molecule has 0 unspecified atom stereocenters. The molecule has 0 saturated carbocycles. The maximum absolute atomic E-state index is 11.7. The summed E-state index contributed by atoms with van der Waals surface area (Å²) in [6, 6.07) is 7.43. The Balaban J connectivity index is 2.71. The van der Waals surface area contributed by atoms with Crippen LogP contribution in [0.3, 0.4) is 0 Å². The smallest absolute Gasteiger partial charge is 0.257 e. The first kappa shape index (κ1) is 13.6. The van der Waals surface area contributed by atoms with Gasteiger partial charge in [-0.3, -0.25) is 9.59 Å². The van der Waals surface area contributed by atoms with Crippen molar-refractivity contribution in [3.8, 4) is 5.69 Å². The van der Waals surface area contributed by atoms with Crippen molar-refractivity contribution >= 4 is 16.8 Å². The third-order valence-electron chi connectivity index (χ3n) is 3.07. The number of carbonyl (C=O) groups is 1. The summed E-state index contributed by atoms with van der Waals surface area (Å²) >= 11 is 5.43. The summed E-state index contributed by atoms with van der Waals surface area (Å²) in [4.78, 5) is 22.9. The number of carbonyl (C=O) groups excluding carboxylic acids is 1. The van der Waals surface area contributed by atoms with E-state index in [9.17, 15) is 9.59 Å². The highest BCUT2D eigenvalue weighted by Gasteiger charge is 2.11. The van der Waals surface area contributed by atoms with Crippen molar-refractivity contribution in [3.05, 3.63) is 63.1 Å². The molecule has 0 aliphatic rings. The van der Waals surface area contributed by atoms with E-state index in [2.05, 4.69) is 6.07 Å². The van der Waals surface area contributed by atoms with Gasteiger partial charge in [-0.1, -0.05) is 17.7 Å². The van der Waals surface area contributed by atoms with Gasteiger partial charge in [0.15, 0.2) is 5.43 Å². The van der Waals surface area contributed by atoms with Crippen LogP contribution in [-0.4, -0.2) is 9.81 Å². The first-order valence-corrected chi connectivity index (χ1v) is 6.28. The highest BCUT2D eigenvalue weighted by Crippen LogP contribution is 2.17. The number of pyridine rings is 1. The van der Waals surface area contributed by atoms with Crippen LogP contribution in [-0.2, 0) is 0 Å². The quantitative estimate of drug-likeness (QED) is 0.790. The van der Waals surface area contributed by atoms with Crippen LogP contribution in [0.2, 0.25) is 0 Å². The molecule has 0 N–H and O–H groups in total. The van der Waals surface area contributed by atoms with E-state index in [1.165, 1.54) is 12.3 Å². The van der Waals surface area contributed by atoms with Gasteiger partial charge in [-0.05, 0) is 44.0 Å². The first-order valence-electron chi connectivity index (χ1n) is 5.91. The van der Waals surface area contributed by atoms with Crippen LogP contribution in [0.25, 0.3) is 5.69 Å². The fourth-order valence-corrected chi connectivity index (χ4v) is 2.26. The Bertz CT molecular complexity index is 717. The zero-order valence-electron chi connectivity index (χ0n) is 11.0. The van der Waals surface area contributed by atoms with Gasteiger partial charge in [0, 0.05) is 23.6 Å². The zero-order valence-corrected chi connectivity index (χ0v) is 11.8. The Hall–Kier alpha value is -1.87. The van der Waals surface area contributed by atoms with Crippen LogP contribution in [0.4, 0.5) is 0 Å². The lowest BCUT2D eigenvalue weighted by molar-refractivity contribution is 0.108. The molecular weight excluding hydrogens is 262 g/mol. The van der Waals surface area contributed by atoms with E-state index in [0.717, 1.165) is 22.5 Å². The normalized spacial score (nSPS) is 10.5. The van der Waals surface area contributed by atoms with Crippen molar-refractivity contribution < 1.29 is 4.79 Å².